The van der Waals surface area contributed by atoms with Crippen LogP contribution in [0.4, 0.5) is 8.78 Å². The summed E-state index contributed by atoms with van der Waals surface area (Å²) in [5, 5.41) is 23.3. The number of phenolic OH excluding ortho intramolecular Hbond substituents is 1. The Morgan fingerprint density at radius 1 is 1.18 bits per heavy atom. The number of aryl methyl sites for hydroxylation is 1. The Morgan fingerprint density at radius 3 is 2.59 bits per heavy atom. The maximum atomic E-state index is 13.7. The van der Waals surface area contributed by atoms with E-state index in [1.54, 1.807) is 19.1 Å². The first-order valence-corrected chi connectivity index (χ1v) is 6.97. The molecule has 2 rings (SSSR count). The summed E-state index contributed by atoms with van der Waals surface area (Å²) < 4.78 is 26.7. The first-order valence-electron chi connectivity index (χ1n) is 6.97. The van der Waals surface area contributed by atoms with Crippen molar-refractivity contribution in [1.82, 2.24) is 5.32 Å². The van der Waals surface area contributed by atoms with Gasteiger partial charge in [0.1, 0.15) is 23.0 Å². The van der Waals surface area contributed by atoms with Crippen molar-refractivity contribution in [2.45, 2.75) is 26.0 Å². The Balaban J connectivity index is 2.05. The van der Waals surface area contributed by atoms with Gasteiger partial charge in [0.15, 0.2) is 0 Å². The van der Waals surface area contributed by atoms with Crippen LogP contribution >= 0.6 is 0 Å². The molecule has 0 bridgehead atoms. The molecule has 22 heavy (non-hydrogen) atoms. The number of hydrogen-bond acceptors (Lipinski definition) is 3. The minimum Gasteiger partial charge on any atom is -0.507 e. The zero-order valence-electron chi connectivity index (χ0n) is 12.5. The normalized spacial score (nSPS) is 13.9. The third-order valence-corrected chi connectivity index (χ3v) is 3.62. The second kappa shape index (κ2) is 6.42. The van der Waals surface area contributed by atoms with Crippen molar-refractivity contribution in [2.24, 2.45) is 0 Å². The third kappa shape index (κ3) is 3.61. The van der Waals surface area contributed by atoms with Crippen LogP contribution in [0.15, 0.2) is 36.4 Å². The number of phenols is 1. The van der Waals surface area contributed by atoms with E-state index in [1.165, 1.54) is 13.0 Å². The van der Waals surface area contributed by atoms with Gasteiger partial charge < -0.3 is 15.5 Å². The molecule has 3 N–H and O–H groups in total. The molecule has 0 aliphatic rings. The van der Waals surface area contributed by atoms with Gasteiger partial charge in [-0.3, -0.25) is 0 Å². The molecule has 0 spiro atoms. The van der Waals surface area contributed by atoms with E-state index >= 15 is 0 Å². The number of hydrogen-bond donors (Lipinski definition) is 3. The molecule has 118 valence electrons. The van der Waals surface area contributed by atoms with Crippen molar-refractivity contribution in [1.29, 1.82) is 0 Å². The van der Waals surface area contributed by atoms with Gasteiger partial charge in [-0.05, 0) is 25.5 Å². The van der Waals surface area contributed by atoms with E-state index in [4.69, 9.17) is 0 Å². The largest absolute Gasteiger partial charge is 0.507 e. The SMILES string of the molecule is Cc1cccc(CNCC(C)(O)c2ccc(F)cc2F)c1O. The number of halogens is 2. The summed E-state index contributed by atoms with van der Waals surface area (Å²) in [7, 11) is 0. The summed E-state index contributed by atoms with van der Waals surface area (Å²) >= 11 is 0. The van der Waals surface area contributed by atoms with Crippen molar-refractivity contribution in [3.05, 3.63) is 64.7 Å². The molecule has 5 heteroatoms. The number of nitrogens with one attached hydrogen (secondary N) is 1. The van der Waals surface area contributed by atoms with Gasteiger partial charge in [-0.1, -0.05) is 24.3 Å². The lowest BCUT2D eigenvalue weighted by atomic mass is 9.95. The summed E-state index contributed by atoms with van der Waals surface area (Å²) in [6, 6.07) is 8.47. The van der Waals surface area contributed by atoms with E-state index in [1.807, 2.05) is 6.07 Å². The molecule has 2 aromatic rings. The number of rotatable bonds is 5. The van der Waals surface area contributed by atoms with E-state index < -0.39 is 17.2 Å². The maximum absolute atomic E-state index is 13.7. The van der Waals surface area contributed by atoms with E-state index in [9.17, 15) is 19.0 Å². The van der Waals surface area contributed by atoms with Crippen LogP contribution < -0.4 is 5.32 Å². The predicted octanol–water partition coefficient (Wildman–Crippen LogP) is 2.98. The van der Waals surface area contributed by atoms with E-state index in [2.05, 4.69) is 5.32 Å². The van der Waals surface area contributed by atoms with Crippen LogP contribution in [0.1, 0.15) is 23.6 Å². The second-order valence-corrected chi connectivity index (χ2v) is 5.58. The molecule has 0 amide bonds. The molecule has 1 atom stereocenters. The van der Waals surface area contributed by atoms with Crippen LogP contribution in [0.2, 0.25) is 0 Å². The van der Waals surface area contributed by atoms with Crippen molar-refractivity contribution < 1.29 is 19.0 Å². The van der Waals surface area contributed by atoms with Crippen molar-refractivity contribution in [3.8, 4) is 5.75 Å². The van der Waals surface area contributed by atoms with E-state index in [0.717, 1.165) is 17.7 Å². The highest BCUT2D eigenvalue weighted by atomic mass is 19.1. The minimum atomic E-state index is -1.49. The fourth-order valence-electron chi connectivity index (χ4n) is 2.32. The van der Waals surface area contributed by atoms with Crippen LogP contribution in [0, 0.1) is 18.6 Å². The Bertz CT molecular complexity index is 672. The predicted molar refractivity (Wildman–Crippen MR) is 80.5 cm³/mol. The second-order valence-electron chi connectivity index (χ2n) is 5.58. The zero-order chi connectivity index (χ0) is 16.3. The molecule has 0 aliphatic carbocycles. The lowest BCUT2D eigenvalue weighted by Crippen LogP contribution is -2.36. The van der Waals surface area contributed by atoms with Gasteiger partial charge in [0.05, 0.1) is 0 Å². The monoisotopic (exact) mass is 307 g/mol. The molecular formula is C17H19F2NO2. The van der Waals surface area contributed by atoms with Crippen molar-refractivity contribution in [2.75, 3.05) is 6.54 Å². The average molecular weight is 307 g/mol. The van der Waals surface area contributed by atoms with Crippen LogP contribution in [0.25, 0.3) is 0 Å². The van der Waals surface area contributed by atoms with Gasteiger partial charge in [-0.25, -0.2) is 8.78 Å². The molecule has 0 radical (unpaired) electrons. The lowest BCUT2D eigenvalue weighted by Gasteiger charge is -2.25. The quantitative estimate of drug-likeness (QED) is 0.796. The van der Waals surface area contributed by atoms with Crippen LogP contribution in [0.5, 0.6) is 5.75 Å². The summed E-state index contributed by atoms with van der Waals surface area (Å²) in [6.07, 6.45) is 0. The van der Waals surface area contributed by atoms with Gasteiger partial charge in [-0.2, -0.15) is 0 Å². The maximum Gasteiger partial charge on any atom is 0.132 e. The molecule has 0 saturated heterocycles. The summed E-state index contributed by atoms with van der Waals surface area (Å²) in [5.74, 6) is -1.28. The van der Waals surface area contributed by atoms with Gasteiger partial charge in [0.2, 0.25) is 0 Å². The highest BCUT2D eigenvalue weighted by Gasteiger charge is 2.26. The summed E-state index contributed by atoms with van der Waals surface area (Å²) in [6.45, 7) is 3.63. The Labute approximate surface area is 128 Å². The summed E-state index contributed by atoms with van der Waals surface area (Å²) in [4.78, 5) is 0. The Kier molecular flexibility index (Phi) is 4.78. The fourth-order valence-corrected chi connectivity index (χ4v) is 2.32. The fraction of sp³-hybridized carbons (Fsp3) is 0.294. The minimum absolute atomic E-state index is 0.0230. The van der Waals surface area contributed by atoms with Gasteiger partial charge in [-0.15, -0.1) is 0 Å². The third-order valence-electron chi connectivity index (χ3n) is 3.62. The number of benzene rings is 2. The number of para-hydroxylation sites is 1. The molecule has 2 aromatic carbocycles. The first-order chi connectivity index (χ1) is 10.3. The molecule has 3 nitrogen and oxygen atoms in total. The Hall–Kier alpha value is -1.98. The van der Waals surface area contributed by atoms with E-state index in [-0.39, 0.29) is 17.9 Å². The summed E-state index contributed by atoms with van der Waals surface area (Å²) in [5.41, 5.74) is -0.0158. The molecule has 0 aromatic heterocycles. The zero-order valence-corrected chi connectivity index (χ0v) is 12.5. The molecule has 0 saturated carbocycles. The average Bonchev–Trinajstić information content (AvgIpc) is 2.43. The lowest BCUT2D eigenvalue weighted by molar-refractivity contribution is 0.0528. The number of aliphatic hydroxyl groups is 1. The molecule has 0 fully saturated rings. The van der Waals surface area contributed by atoms with Crippen LogP contribution in [-0.2, 0) is 12.1 Å². The van der Waals surface area contributed by atoms with Crippen molar-refractivity contribution >= 4 is 0 Å². The number of aromatic hydroxyl groups is 1. The Morgan fingerprint density at radius 2 is 1.91 bits per heavy atom. The topological polar surface area (TPSA) is 52.5 Å². The van der Waals surface area contributed by atoms with E-state index in [0.29, 0.717) is 12.1 Å². The standard InChI is InChI=1S/C17H19F2NO2/c1-11-4-3-5-12(16(11)21)9-20-10-17(2,22)14-7-6-13(18)8-15(14)19/h3-8,20-22H,9-10H2,1-2H3. The van der Waals surface area contributed by atoms with Gasteiger partial charge >= 0.3 is 0 Å². The molecule has 1 unspecified atom stereocenters. The smallest absolute Gasteiger partial charge is 0.132 e. The first kappa shape index (κ1) is 16.4. The van der Waals surface area contributed by atoms with Gasteiger partial charge in [0, 0.05) is 30.3 Å². The molecule has 0 aliphatic heterocycles. The molecular weight excluding hydrogens is 288 g/mol. The van der Waals surface area contributed by atoms with Crippen LogP contribution in [-0.4, -0.2) is 16.8 Å². The van der Waals surface area contributed by atoms with Crippen molar-refractivity contribution in [3.63, 3.8) is 0 Å². The van der Waals surface area contributed by atoms with Crippen LogP contribution in [0.3, 0.4) is 0 Å². The highest BCUT2D eigenvalue weighted by Crippen LogP contribution is 2.25. The van der Waals surface area contributed by atoms with Gasteiger partial charge in [0.25, 0.3) is 0 Å². The molecule has 0 heterocycles. The highest BCUT2D eigenvalue weighted by molar-refractivity contribution is 5.39.